The van der Waals surface area contributed by atoms with E-state index in [2.05, 4.69) is 0 Å². The third-order valence-electron chi connectivity index (χ3n) is 4.07. The number of anilines is 1. The third kappa shape index (κ3) is 6.67. The van der Waals surface area contributed by atoms with Crippen molar-refractivity contribution >= 4 is 45.6 Å². The standard InChI is InChI=1S/C23H26ClNO5S/c1-6-30-20(27)12-11-19(26)25(14-23(2,3)4)22-16(13-18(24)31-22)21(28)15-9-7-8-10-17(15)29-5/h7-13H,6,14H2,1-5H3. The molecular weight excluding hydrogens is 438 g/mol. The van der Waals surface area contributed by atoms with E-state index in [9.17, 15) is 14.4 Å². The molecule has 2 aromatic rings. The Labute approximate surface area is 191 Å². The summed E-state index contributed by atoms with van der Waals surface area (Å²) in [6.07, 6.45) is 2.23. The summed E-state index contributed by atoms with van der Waals surface area (Å²) in [4.78, 5) is 39.5. The van der Waals surface area contributed by atoms with Gasteiger partial charge in [0.05, 0.1) is 29.2 Å². The van der Waals surface area contributed by atoms with E-state index in [-0.39, 0.29) is 17.8 Å². The zero-order chi connectivity index (χ0) is 23.2. The molecule has 166 valence electrons. The SMILES string of the molecule is CCOC(=O)C=CC(=O)N(CC(C)(C)C)c1sc(Cl)cc1C(=O)c1ccccc1OC. The van der Waals surface area contributed by atoms with Crippen LogP contribution in [0.4, 0.5) is 5.00 Å². The van der Waals surface area contributed by atoms with Gasteiger partial charge in [-0.25, -0.2) is 4.79 Å². The Hall–Kier alpha value is -2.64. The van der Waals surface area contributed by atoms with E-state index >= 15 is 0 Å². The highest BCUT2D eigenvalue weighted by Crippen LogP contribution is 2.38. The fraction of sp³-hybridized carbons (Fsp3) is 0.348. The Kier molecular flexibility index (Phi) is 8.42. The molecule has 0 saturated carbocycles. The molecule has 0 aliphatic heterocycles. The Balaban J connectivity index is 2.51. The number of benzene rings is 1. The van der Waals surface area contributed by atoms with Crippen molar-refractivity contribution in [2.45, 2.75) is 27.7 Å². The van der Waals surface area contributed by atoms with Gasteiger partial charge in [-0.1, -0.05) is 44.5 Å². The number of nitrogens with zero attached hydrogens (tertiary/aromatic N) is 1. The van der Waals surface area contributed by atoms with Gasteiger partial charge in [-0.05, 0) is 30.5 Å². The van der Waals surface area contributed by atoms with E-state index in [1.54, 1.807) is 37.3 Å². The molecule has 1 heterocycles. The molecule has 8 heteroatoms. The van der Waals surface area contributed by atoms with Gasteiger partial charge in [0, 0.05) is 18.7 Å². The topological polar surface area (TPSA) is 72.9 Å². The maximum Gasteiger partial charge on any atom is 0.330 e. The molecule has 0 aliphatic rings. The monoisotopic (exact) mass is 463 g/mol. The zero-order valence-corrected chi connectivity index (χ0v) is 19.8. The fourth-order valence-corrected chi connectivity index (χ4v) is 4.05. The predicted octanol–water partition coefficient (Wildman–Crippen LogP) is 5.14. The van der Waals surface area contributed by atoms with Crippen LogP contribution in [0.3, 0.4) is 0 Å². The molecule has 0 saturated heterocycles. The minimum Gasteiger partial charge on any atom is -0.496 e. The number of carbonyl (C=O) groups excluding carboxylic acids is 3. The normalized spacial score (nSPS) is 11.4. The lowest BCUT2D eigenvalue weighted by Gasteiger charge is -2.29. The van der Waals surface area contributed by atoms with Crippen LogP contribution in [0.5, 0.6) is 5.75 Å². The number of hydrogen-bond donors (Lipinski definition) is 0. The van der Waals surface area contributed by atoms with E-state index in [0.29, 0.717) is 32.8 Å². The highest BCUT2D eigenvalue weighted by molar-refractivity contribution is 7.20. The summed E-state index contributed by atoms with van der Waals surface area (Å²) in [5.41, 5.74) is 0.377. The number of ketones is 1. The lowest BCUT2D eigenvalue weighted by molar-refractivity contribution is -0.137. The van der Waals surface area contributed by atoms with Crippen LogP contribution in [0, 0.1) is 5.41 Å². The zero-order valence-electron chi connectivity index (χ0n) is 18.2. The van der Waals surface area contributed by atoms with Crippen LogP contribution in [0.2, 0.25) is 4.34 Å². The van der Waals surface area contributed by atoms with Gasteiger partial charge in [-0.3, -0.25) is 14.5 Å². The molecule has 0 aliphatic carbocycles. The van der Waals surface area contributed by atoms with Crippen LogP contribution in [-0.2, 0) is 14.3 Å². The van der Waals surface area contributed by atoms with Crippen molar-refractivity contribution in [3.05, 3.63) is 57.9 Å². The molecule has 1 amide bonds. The smallest absolute Gasteiger partial charge is 0.330 e. The highest BCUT2D eigenvalue weighted by atomic mass is 35.5. The molecule has 6 nitrogen and oxygen atoms in total. The summed E-state index contributed by atoms with van der Waals surface area (Å²) in [5.74, 6) is -0.940. The first kappa shape index (κ1) is 24.6. The Morgan fingerprint density at radius 1 is 1.13 bits per heavy atom. The molecule has 0 fully saturated rings. The van der Waals surface area contributed by atoms with E-state index in [0.717, 1.165) is 23.5 Å². The maximum atomic E-state index is 13.3. The van der Waals surface area contributed by atoms with Crippen molar-refractivity contribution in [1.82, 2.24) is 0 Å². The van der Waals surface area contributed by atoms with Gasteiger partial charge in [0.2, 0.25) is 0 Å². The molecular formula is C23H26ClNO5S. The third-order valence-corrected chi connectivity index (χ3v) is 5.36. The van der Waals surface area contributed by atoms with E-state index in [4.69, 9.17) is 21.1 Å². The molecule has 0 N–H and O–H groups in total. The fourth-order valence-electron chi connectivity index (χ4n) is 2.84. The van der Waals surface area contributed by atoms with Gasteiger partial charge in [-0.15, -0.1) is 11.3 Å². The second kappa shape index (κ2) is 10.6. The second-order valence-corrected chi connectivity index (χ2v) is 9.53. The number of esters is 1. The first-order valence-corrected chi connectivity index (χ1v) is 10.9. The first-order valence-electron chi connectivity index (χ1n) is 9.70. The molecule has 0 bridgehead atoms. The van der Waals surface area contributed by atoms with Crippen LogP contribution in [0.15, 0.2) is 42.5 Å². The second-order valence-electron chi connectivity index (χ2n) is 7.87. The minimum atomic E-state index is -0.610. The number of methoxy groups -OCH3 is 1. The number of rotatable bonds is 8. The number of amides is 1. The van der Waals surface area contributed by atoms with Crippen molar-refractivity contribution in [2.24, 2.45) is 5.41 Å². The van der Waals surface area contributed by atoms with Gasteiger partial charge < -0.3 is 9.47 Å². The predicted molar refractivity (Wildman–Crippen MR) is 123 cm³/mol. The molecule has 0 spiro atoms. The summed E-state index contributed by atoms with van der Waals surface area (Å²) >= 11 is 7.40. The first-order chi connectivity index (χ1) is 14.6. The van der Waals surface area contributed by atoms with Crippen LogP contribution >= 0.6 is 22.9 Å². The summed E-state index contributed by atoms with van der Waals surface area (Å²) in [5, 5.41) is 0.411. The number of ether oxygens (including phenoxy) is 2. The molecule has 0 atom stereocenters. The number of carbonyl (C=O) groups is 3. The van der Waals surface area contributed by atoms with E-state index in [1.807, 2.05) is 20.8 Å². The van der Waals surface area contributed by atoms with Gasteiger partial charge >= 0.3 is 5.97 Å². The van der Waals surface area contributed by atoms with Crippen molar-refractivity contribution in [2.75, 3.05) is 25.2 Å². The molecule has 0 unspecified atom stereocenters. The summed E-state index contributed by atoms with van der Waals surface area (Å²) in [6.45, 7) is 8.11. The van der Waals surface area contributed by atoms with Gasteiger partial charge in [0.15, 0.2) is 5.78 Å². The lowest BCUT2D eigenvalue weighted by atomic mass is 9.95. The van der Waals surface area contributed by atoms with Crippen LogP contribution in [0.1, 0.15) is 43.6 Å². The van der Waals surface area contributed by atoms with Crippen molar-refractivity contribution < 1.29 is 23.9 Å². The average Bonchev–Trinajstić information content (AvgIpc) is 3.10. The van der Waals surface area contributed by atoms with E-state index < -0.39 is 11.9 Å². The quantitative estimate of drug-likeness (QED) is 0.308. The molecule has 1 aromatic carbocycles. The van der Waals surface area contributed by atoms with Crippen molar-refractivity contribution in [3.8, 4) is 5.75 Å². The van der Waals surface area contributed by atoms with Gasteiger partial charge in [-0.2, -0.15) is 0 Å². The van der Waals surface area contributed by atoms with Crippen LogP contribution in [0.25, 0.3) is 0 Å². The molecule has 0 radical (unpaired) electrons. The van der Waals surface area contributed by atoms with Crippen LogP contribution in [-0.4, -0.2) is 37.9 Å². The minimum absolute atomic E-state index is 0.209. The van der Waals surface area contributed by atoms with Crippen molar-refractivity contribution in [1.29, 1.82) is 0 Å². The summed E-state index contributed by atoms with van der Waals surface area (Å²) in [6, 6.07) is 8.42. The molecule has 1 aromatic heterocycles. The molecule has 2 rings (SSSR count). The van der Waals surface area contributed by atoms with Crippen molar-refractivity contribution in [3.63, 3.8) is 0 Å². The number of para-hydroxylation sites is 1. The number of thiophene rings is 1. The Morgan fingerprint density at radius 3 is 2.42 bits per heavy atom. The number of hydrogen-bond acceptors (Lipinski definition) is 6. The lowest BCUT2D eigenvalue weighted by Crippen LogP contribution is -2.37. The van der Waals surface area contributed by atoms with E-state index in [1.165, 1.54) is 12.0 Å². The number of halogens is 1. The average molecular weight is 464 g/mol. The Bertz CT molecular complexity index is 990. The van der Waals surface area contributed by atoms with Crippen LogP contribution < -0.4 is 9.64 Å². The highest BCUT2D eigenvalue weighted by Gasteiger charge is 2.29. The Morgan fingerprint density at radius 2 is 1.81 bits per heavy atom. The summed E-state index contributed by atoms with van der Waals surface area (Å²) < 4.78 is 10.5. The maximum absolute atomic E-state index is 13.3. The van der Waals surface area contributed by atoms with Gasteiger partial charge in [0.25, 0.3) is 5.91 Å². The van der Waals surface area contributed by atoms with Gasteiger partial charge in [0.1, 0.15) is 10.8 Å². The largest absolute Gasteiger partial charge is 0.496 e. The molecule has 31 heavy (non-hydrogen) atoms. The summed E-state index contributed by atoms with van der Waals surface area (Å²) in [7, 11) is 1.49.